The lowest BCUT2D eigenvalue weighted by Crippen LogP contribution is -2.21. The van der Waals surface area contributed by atoms with E-state index in [4.69, 9.17) is 0 Å². The molecule has 0 saturated carbocycles. The molecular formula is C19H17NO3S3. The molecule has 0 saturated heterocycles. The van der Waals surface area contributed by atoms with Crippen LogP contribution in [0.5, 0.6) is 0 Å². The van der Waals surface area contributed by atoms with E-state index >= 15 is 0 Å². The highest BCUT2D eigenvalue weighted by Gasteiger charge is 2.42. The summed E-state index contributed by atoms with van der Waals surface area (Å²) in [5.41, 5.74) is 1.38. The third-order valence-corrected chi connectivity index (χ3v) is 9.21. The van der Waals surface area contributed by atoms with Gasteiger partial charge in [0.1, 0.15) is 4.91 Å². The van der Waals surface area contributed by atoms with Gasteiger partial charge in [-0.15, -0.1) is 0 Å². The molecule has 2 heterocycles. The highest BCUT2D eigenvalue weighted by molar-refractivity contribution is 8.25. The Morgan fingerprint density at radius 1 is 0.962 bits per heavy atom. The Labute approximate surface area is 161 Å². The van der Waals surface area contributed by atoms with Crippen molar-refractivity contribution in [3.63, 3.8) is 0 Å². The molecule has 2 aliphatic rings. The fraction of sp³-hybridized carbons (Fsp3) is 0.211. The predicted molar refractivity (Wildman–Crippen MR) is 107 cm³/mol. The first kappa shape index (κ1) is 17.7. The topological polar surface area (TPSA) is 54.5 Å². The zero-order valence-corrected chi connectivity index (χ0v) is 16.8. The molecule has 4 nitrogen and oxygen atoms in total. The Kier molecular flexibility index (Phi) is 4.41. The molecule has 0 spiro atoms. The number of sulfone groups is 1. The Hall–Kier alpha value is -1.70. The molecule has 0 aliphatic carbocycles. The molecular weight excluding hydrogens is 386 g/mol. The first-order valence-corrected chi connectivity index (χ1v) is 11.5. The van der Waals surface area contributed by atoms with E-state index in [1.165, 1.54) is 29.6 Å². The predicted octanol–water partition coefficient (Wildman–Crippen LogP) is 4.57. The van der Waals surface area contributed by atoms with E-state index in [2.05, 4.69) is 24.8 Å². The maximum Gasteiger partial charge on any atom is 0.212 e. The van der Waals surface area contributed by atoms with E-state index < -0.39 is 15.6 Å². The summed E-state index contributed by atoms with van der Waals surface area (Å²) < 4.78 is 26.3. The third kappa shape index (κ3) is 2.61. The molecule has 0 radical (unpaired) electrons. The average molecular weight is 404 g/mol. The van der Waals surface area contributed by atoms with Gasteiger partial charge >= 0.3 is 0 Å². The van der Waals surface area contributed by atoms with Gasteiger partial charge in [-0.05, 0) is 44.2 Å². The fourth-order valence-corrected chi connectivity index (χ4v) is 7.98. The maximum absolute atomic E-state index is 12.9. The van der Waals surface area contributed by atoms with Gasteiger partial charge in [-0.1, -0.05) is 35.7 Å². The molecule has 26 heavy (non-hydrogen) atoms. The Balaban J connectivity index is 1.78. The van der Waals surface area contributed by atoms with Gasteiger partial charge in [-0.3, -0.25) is 4.79 Å². The van der Waals surface area contributed by atoms with Gasteiger partial charge in [0, 0.05) is 34.1 Å². The third-order valence-electron chi connectivity index (χ3n) is 4.54. The number of fused-ring (bicyclic) bond motifs is 2. The van der Waals surface area contributed by atoms with Gasteiger partial charge in [0.2, 0.25) is 15.6 Å². The van der Waals surface area contributed by atoms with Crippen molar-refractivity contribution in [3.8, 4) is 0 Å². The zero-order chi connectivity index (χ0) is 18.5. The van der Waals surface area contributed by atoms with E-state index in [1.54, 1.807) is 18.2 Å². The highest BCUT2D eigenvalue weighted by atomic mass is 32.2. The van der Waals surface area contributed by atoms with Crippen LogP contribution in [-0.4, -0.2) is 27.3 Å². The van der Waals surface area contributed by atoms with Gasteiger partial charge in [0.25, 0.3) is 0 Å². The van der Waals surface area contributed by atoms with Gasteiger partial charge in [0.15, 0.2) is 0 Å². The van der Waals surface area contributed by atoms with Crippen molar-refractivity contribution in [2.24, 2.45) is 0 Å². The number of ketones is 1. The quantitative estimate of drug-likeness (QED) is 0.700. The van der Waals surface area contributed by atoms with E-state index in [0.717, 1.165) is 28.6 Å². The second-order valence-electron chi connectivity index (χ2n) is 5.95. The minimum absolute atomic E-state index is 0.0747. The van der Waals surface area contributed by atoms with Crippen LogP contribution < -0.4 is 4.90 Å². The summed E-state index contributed by atoms with van der Waals surface area (Å²) in [7, 11) is -3.75. The monoisotopic (exact) mass is 403 g/mol. The normalized spacial score (nSPS) is 20.2. The number of hydrogen-bond donors (Lipinski definition) is 0. The molecule has 0 N–H and O–H groups in total. The summed E-state index contributed by atoms with van der Waals surface area (Å²) in [6.07, 6.45) is 0. The molecule has 4 rings (SSSR count). The highest BCUT2D eigenvalue weighted by Crippen LogP contribution is 2.55. The van der Waals surface area contributed by atoms with Crippen molar-refractivity contribution >= 4 is 44.8 Å². The summed E-state index contributed by atoms with van der Waals surface area (Å²) >= 11 is 2.75. The van der Waals surface area contributed by atoms with Crippen molar-refractivity contribution < 1.29 is 13.2 Å². The lowest BCUT2D eigenvalue weighted by molar-refractivity contribution is 0.104. The fourth-order valence-electron chi connectivity index (χ4n) is 3.20. The lowest BCUT2D eigenvalue weighted by Gasteiger charge is -2.21. The van der Waals surface area contributed by atoms with Crippen molar-refractivity contribution in [2.75, 3.05) is 18.0 Å². The second-order valence-corrected chi connectivity index (χ2v) is 10.2. The average Bonchev–Trinajstić information content (AvgIpc) is 3.13. The number of thioether (sulfide) groups is 2. The van der Waals surface area contributed by atoms with Crippen LogP contribution in [0.3, 0.4) is 0 Å². The van der Waals surface area contributed by atoms with Crippen LogP contribution in [0, 0.1) is 0 Å². The number of Topliss-reactive ketones (excluding diaryl/α,β-unsaturated/α-hetero) is 1. The molecule has 0 aromatic heterocycles. The van der Waals surface area contributed by atoms with Gasteiger partial charge in [-0.25, -0.2) is 8.42 Å². The summed E-state index contributed by atoms with van der Waals surface area (Å²) in [6.45, 7) is 6.02. The molecule has 0 fully saturated rings. The van der Waals surface area contributed by atoms with Gasteiger partial charge in [-0.2, -0.15) is 0 Å². The molecule has 2 aromatic carbocycles. The first-order valence-electron chi connectivity index (χ1n) is 8.35. The van der Waals surface area contributed by atoms with E-state index in [0.29, 0.717) is 4.24 Å². The minimum atomic E-state index is -3.75. The summed E-state index contributed by atoms with van der Waals surface area (Å²) in [5.74, 6) is -0.396. The van der Waals surface area contributed by atoms with Crippen molar-refractivity contribution in [1.29, 1.82) is 0 Å². The van der Waals surface area contributed by atoms with E-state index in [9.17, 15) is 13.2 Å². The summed E-state index contributed by atoms with van der Waals surface area (Å²) in [5, 5.41) is 0. The minimum Gasteiger partial charge on any atom is -0.372 e. The molecule has 2 aromatic rings. The van der Waals surface area contributed by atoms with Crippen LogP contribution >= 0.6 is 23.5 Å². The van der Waals surface area contributed by atoms with Crippen LogP contribution in [0.1, 0.15) is 24.2 Å². The van der Waals surface area contributed by atoms with Crippen LogP contribution in [-0.2, 0) is 9.84 Å². The van der Waals surface area contributed by atoms with Crippen LogP contribution in [0.4, 0.5) is 5.69 Å². The number of carbonyl (C=O) groups excluding carboxylic acids is 1. The number of hydrogen-bond acceptors (Lipinski definition) is 6. The zero-order valence-electron chi connectivity index (χ0n) is 14.4. The molecule has 0 unspecified atom stereocenters. The number of benzene rings is 2. The van der Waals surface area contributed by atoms with Crippen molar-refractivity contribution in [3.05, 3.63) is 57.2 Å². The Morgan fingerprint density at radius 2 is 1.65 bits per heavy atom. The number of anilines is 1. The molecule has 0 bridgehead atoms. The standard InChI is InChI=1S/C19H17NO3S3/c1-3-20(4-2)12-9-10-14-15(11-12)25-19(24-14)18-17(21)13-7-5-6-8-16(13)26(18,22)23/h5-11H,3-4H2,1-2H3/b19-18-. The number of nitrogens with zero attached hydrogens (tertiary/aromatic N) is 1. The summed E-state index contributed by atoms with van der Waals surface area (Å²) in [4.78, 5) is 17.0. The molecule has 134 valence electrons. The smallest absolute Gasteiger partial charge is 0.212 e. The largest absolute Gasteiger partial charge is 0.372 e. The summed E-state index contributed by atoms with van der Waals surface area (Å²) in [6, 6.07) is 12.6. The maximum atomic E-state index is 12.9. The van der Waals surface area contributed by atoms with E-state index in [1.807, 2.05) is 12.1 Å². The number of rotatable bonds is 3. The number of allylic oxidation sites excluding steroid dienone is 1. The molecule has 7 heteroatoms. The second kappa shape index (κ2) is 6.48. The SMILES string of the molecule is CCN(CC)c1ccc2c(c1)S/C(=C1/C(=O)c3ccccc3S1(=O)=O)S2. The van der Waals surface area contributed by atoms with Gasteiger partial charge in [0.05, 0.1) is 9.13 Å². The molecule has 2 aliphatic heterocycles. The Morgan fingerprint density at radius 3 is 2.35 bits per heavy atom. The van der Waals surface area contributed by atoms with E-state index in [-0.39, 0.29) is 15.4 Å². The van der Waals surface area contributed by atoms with Gasteiger partial charge < -0.3 is 4.90 Å². The molecule has 0 amide bonds. The van der Waals surface area contributed by atoms with Crippen molar-refractivity contribution in [1.82, 2.24) is 0 Å². The molecule has 0 atom stereocenters. The van der Waals surface area contributed by atoms with Crippen LogP contribution in [0.2, 0.25) is 0 Å². The number of carbonyl (C=O) groups is 1. The lowest BCUT2D eigenvalue weighted by atomic mass is 10.1. The van der Waals surface area contributed by atoms with Crippen LogP contribution in [0.25, 0.3) is 0 Å². The van der Waals surface area contributed by atoms with Crippen molar-refractivity contribution in [2.45, 2.75) is 28.5 Å². The van der Waals surface area contributed by atoms with Crippen LogP contribution in [0.15, 0.2) is 66.3 Å². The Bertz CT molecular complexity index is 1050. The first-order chi connectivity index (χ1) is 12.5.